The van der Waals surface area contributed by atoms with Crippen molar-refractivity contribution in [3.8, 4) is 5.75 Å². The van der Waals surface area contributed by atoms with Crippen LogP contribution in [0, 0.1) is 0 Å². The van der Waals surface area contributed by atoms with E-state index in [0.717, 1.165) is 54.1 Å². The molecular weight excluding hydrogens is 560 g/mol. The molecule has 2 aromatic rings. The topological polar surface area (TPSA) is 158 Å². The molecule has 6 atom stereocenters. The first-order chi connectivity index (χ1) is 19.1. The molecular formula is C27H37FN3O9P. The first-order valence-corrected chi connectivity index (χ1v) is 15.0. The fourth-order valence-corrected chi connectivity index (χ4v) is 6.40. The number of nitrogens with zero attached hydrogens (tertiary/aromatic N) is 1. The van der Waals surface area contributed by atoms with Crippen molar-refractivity contribution >= 4 is 13.7 Å². The molecule has 4 rings (SSSR count). The second kappa shape index (κ2) is 11.8. The van der Waals surface area contributed by atoms with Crippen molar-refractivity contribution in [2.45, 2.75) is 96.0 Å². The number of aromatic nitrogens is 2. The lowest BCUT2D eigenvalue weighted by Crippen LogP contribution is -2.44. The van der Waals surface area contributed by atoms with Gasteiger partial charge in [0.2, 0.25) is 0 Å². The zero-order chi connectivity index (χ0) is 30.2. The summed E-state index contributed by atoms with van der Waals surface area (Å²) in [7, 11) is -4.37. The van der Waals surface area contributed by atoms with Crippen molar-refractivity contribution in [2.75, 3.05) is 6.61 Å². The number of nitrogens with one attached hydrogen (secondary N) is 2. The van der Waals surface area contributed by atoms with Crippen molar-refractivity contribution in [1.82, 2.24) is 14.6 Å². The minimum atomic E-state index is -4.37. The fourth-order valence-electron chi connectivity index (χ4n) is 4.87. The van der Waals surface area contributed by atoms with Gasteiger partial charge >= 0.3 is 19.4 Å². The van der Waals surface area contributed by atoms with Gasteiger partial charge in [0.05, 0.1) is 6.61 Å². The lowest BCUT2D eigenvalue weighted by Gasteiger charge is -2.28. The molecule has 1 aromatic heterocycles. The van der Waals surface area contributed by atoms with Gasteiger partial charge in [-0.2, -0.15) is 5.09 Å². The third kappa shape index (κ3) is 7.15. The molecule has 0 spiro atoms. The molecule has 0 bridgehead atoms. The molecule has 1 saturated heterocycles. The number of benzene rings is 1. The maximum atomic E-state index is 15.7. The van der Waals surface area contributed by atoms with E-state index in [9.17, 15) is 24.1 Å². The number of aliphatic hydroxyl groups excluding tert-OH is 1. The average Bonchev–Trinajstić information content (AvgIpc) is 3.10. The highest BCUT2D eigenvalue weighted by molar-refractivity contribution is 7.52. The number of carbonyl (C=O) groups excluding carboxylic acids is 1. The minimum Gasteiger partial charge on any atom is -0.459 e. The molecule has 2 aliphatic rings. The largest absolute Gasteiger partial charge is 0.459 e. The molecule has 2 heterocycles. The molecule has 6 unspecified atom stereocenters. The second-order valence-electron chi connectivity index (χ2n) is 11.5. The van der Waals surface area contributed by atoms with Gasteiger partial charge in [-0.05, 0) is 77.5 Å². The van der Waals surface area contributed by atoms with E-state index >= 15 is 4.39 Å². The predicted molar refractivity (Wildman–Crippen MR) is 146 cm³/mol. The third-order valence-corrected chi connectivity index (χ3v) is 8.54. The van der Waals surface area contributed by atoms with Crippen molar-refractivity contribution < 1.29 is 37.4 Å². The van der Waals surface area contributed by atoms with Crippen LogP contribution in [0.3, 0.4) is 0 Å². The van der Waals surface area contributed by atoms with Crippen LogP contribution in [0.2, 0.25) is 0 Å². The van der Waals surface area contributed by atoms with Crippen LogP contribution in [0.5, 0.6) is 5.75 Å². The van der Waals surface area contributed by atoms with Gasteiger partial charge in [-0.3, -0.25) is 23.7 Å². The quantitative estimate of drug-likeness (QED) is 0.290. The van der Waals surface area contributed by atoms with Crippen LogP contribution in [0.15, 0.2) is 40.1 Å². The SMILES string of the molecule is CC(NP(=O)(OCC1OC(n2ccc(=O)[nH]c2=O)C(C)(F)C1O)Oc1cccc2c1CCCC2)C(=O)OC(C)(C)C. The zero-order valence-electron chi connectivity index (χ0n) is 23.7. The molecule has 14 heteroatoms. The van der Waals surface area contributed by atoms with Crippen molar-refractivity contribution in [1.29, 1.82) is 0 Å². The highest BCUT2D eigenvalue weighted by atomic mass is 31.2. The van der Waals surface area contributed by atoms with E-state index in [2.05, 4.69) is 5.09 Å². The summed E-state index contributed by atoms with van der Waals surface area (Å²) < 4.78 is 53.2. The summed E-state index contributed by atoms with van der Waals surface area (Å²) in [5.74, 6) is -0.388. The summed E-state index contributed by atoms with van der Waals surface area (Å²) in [5.41, 5.74) is -2.99. The molecule has 1 aliphatic heterocycles. The molecule has 41 heavy (non-hydrogen) atoms. The Bertz CT molecular complexity index is 1430. The number of aliphatic hydroxyl groups is 1. The van der Waals surface area contributed by atoms with Gasteiger partial charge < -0.3 is 19.1 Å². The number of esters is 1. The van der Waals surface area contributed by atoms with Crippen LogP contribution in [0.25, 0.3) is 0 Å². The van der Waals surface area contributed by atoms with E-state index in [1.807, 2.05) is 11.1 Å². The summed E-state index contributed by atoms with van der Waals surface area (Å²) in [5, 5.41) is 13.3. The number of halogens is 1. The number of ether oxygens (including phenoxy) is 2. The smallest absolute Gasteiger partial charge is 0.459 e. The highest BCUT2D eigenvalue weighted by Crippen LogP contribution is 2.49. The Morgan fingerprint density at radius 2 is 2.00 bits per heavy atom. The predicted octanol–water partition coefficient (Wildman–Crippen LogP) is 2.93. The maximum absolute atomic E-state index is 15.7. The molecule has 0 radical (unpaired) electrons. The Kier molecular flexibility index (Phi) is 8.96. The van der Waals surface area contributed by atoms with E-state index in [0.29, 0.717) is 12.2 Å². The first-order valence-electron chi connectivity index (χ1n) is 13.5. The van der Waals surface area contributed by atoms with E-state index in [1.165, 1.54) is 6.92 Å². The molecule has 1 aliphatic carbocycles. The Morgan fingerprint density at radius 3 is 2.68 bits per heavy atom. The van der Waals surface area contributed by atoms with Gasteiger partial charge in [0.15, 0.2) is 11.9 Å². The lowest BCUT2D eigenvalue weighted by atomic mass is 9.91. The van der Waals surface area contributed by atoms with Crippen LogP contribution in [-0.2, 0) is 36.2 Å². The normalized spacial score (nSPS) is 26.6. The number of hydrogen-bond donors (Lipinski definition) is 3. The summed E-state index contributed by atoms with van der Waals surface area (Å²) in [6.07, 6.45) is -0.307. The number of aryl methyl sites for hydroxylation is 1. The molecule has 12 nitrogen and oxygen atoms in total. The molecule has 1 fully saturated rings. The first kappa shape index (κ1) is 31.1. The number of aromatic amines is 1. The van der Waals surface area contributed by atoms with E-state index in [1.54, 1.807) is 32.9 Å². The highest BCUT2D eigenvalue weighted by Gasteiger charge is 2.56. The third-order valence-electron chi connectivity index (χ3n) is 6.91. The number of carbonyl (C=O) groups is 1. The minimum absolute atomic E-state index is 0.315. The molecule has 0 amide bonds. The molecule has 0 saturated carbocycles. The Morgan fingerprint density at radius 1 is 1.29 bits per heavy atom. The van der Waals surface area contributed by atoms with Crippen molar-refractivity contribution in [3.05, 3.63) is 62.4 Å². The Labute approximate surface area is 236 Å². The van der Waals surface area contributed by atoms with Gasteiger partial charge in [-0.1, -0.05) is 12.1 Å². The van der Waals surface area contributed by atoms with E-state index < -0.39 is 67.3 Å². The van der Waals surface area contributed by atoms with Crippen molar-refractivity contribution in [3.63, 3.8) is 0 Å². The number of fused-ring (bicyclic) bond motifs is 1. The number of H-pyrrole nitrogens is 1. The van der Waals surface area contributed by atoms with Crippen LogP contribution >= 0.6 is 7.75 Å². The zero-order valence-corrected chi connectivity index (χ0v) is 24.6. The number of rotatable bonds is 9. The van der Waals surface area contributed by atoms with E-state index in [-0.39, 0.29) is 0 Å². The van der Waals surface area contributed by atoms with Gasteiger partial charge in [0.1, 0.15) is 29.6 Å². The van der Waals surface area contributed by atoms with Crippen molar-refractivity contribution in [2.24, 2.45) is 0 Å². The average molecular weight is 598 g/mol. The summed E-state index contributed by atoms with van der Waals surface area (Å²) in [4.78, 5) is 38.4. The molecule has 226 valence electrons. The van der Waals surface area contributed by atoms with E-state index in [4.69, 9.17) is 18.5 Å². The fraction of sp³-hybridized carbons (Fsp3) is 0.593. The lowest BCUT2D eigenvalue weighted by molar-refractivity contribution is -0.156. The number of alkyl halides is 1. The summed E-state index contributed by atoms with van der Waals surface area (Å²) in [6.45, 7) is 6.92. The van der Waals surface area contributed by atoms with Crippen LogP contribution < -0.4 is 20.9 Å². The summed E-state index contributed by atoms with van der Waals surface area (Å²) in [6, 6.07) is 5.27. The Hall–Kier alpha value is -2.83. The monoisotopic (exact) mass is 597 g/mol. The standard InChI is InChI=1S/C27H37FN3O9P/c1-16(23(34)39-26(2,3)4)30-41(36,40-19-12-8-10-17-9-6-7-11-18(17)19)37-15-20-22(33)27(5,28)24(38-20)31-14-13-21(32)29-25(31)35/h8,10,12-14,16,20,22,24,33H,6-7,9,11,15H2,1-5H3,(H,30,36)(H,29,32,35). The van der Waals surface area contributed by atoms with Crippen LogP contribution in [0.4, 0.5) is 4.39 Å². The second-order valence-corrected chi connectivity index (χ2v) is 13.2. The maximum Gasteiger partial charge on any atom is 0.459 e. The van der Waals surface area contributed by atoms with Gasteiger partial charge in [0, 0.05) is 12.3 Å². The number of hydrogen-bond acceptors (Lipinski definition) is 9. The Balaban J connectivity index is 1.58. The summed E-state index contributed by atoms with van der Waals surface area (Å²) >= 11 is 0. The van der Waals surface area contributed by atoms with Crippen LogP contribution in [-0.4, -0.2) is 56.8 Å². The van der Waals surface area contributed by atoms with Gasteiger partial charge in [0.25, 0.3) is 5.56 Å². The molecule has 1 aromatic carbocycles. The van der Waals surface area contributed by atoms with Gasteiger partial charge in [-0.15, -0.1) is 0 Å². The molecule has 3 N–H and O–H groups in total. The van der Waals surface area contributed by atoms with Gasteiger partial charge in [-0.25, -0.2) is 13.8 Å². The van der Waals surface area contributed by atoms with Crippen LogP contribution in [0.1, 0.15) is 64.8 Å².